The molecule has 7 nitrogen and oxygen atoms in total. The number of amides is 2. The molecule has 0 spiro atoms. The van der Waals surface area contributed by atoms with Gasteiger partial charge in [-0.25, -0.2) is 4.79 Å². The van der Waals surface area contributed by atoms with E-state index >= 15 is 0 Å². The Bertz CT molecular complexity index is 887. The van der Waals surface area contributed by atoms with Gasteiger partial charge in [-0.2, -0.15) is 0 Å². The first-order chi connectivity index (χ1) is 13.8. The Morgan fingerprint density at radius 1 is 1.10 bits per heavy atom. The number of nitrogens with zero attached hydrogens (tertiary/aromatic N) is 1. The zero-order valence-electron chi connectivity index (χ0n) is 17.3. The van der Waals surface area contributed by atoms with Crippen molar-refractivity contribution in [3.8, 4) is 5.75 Å². The quantitative estimate of drug-likeness (QED) is 0.663. The van der Waals surface area contributed by atoms with Crippen molar-refractivity contribution in [1.82, 2.24) is 4.90 Å². The highest BCUT2D eigenvalue weighted by Gasteiger charge is 2.27. The molecular weight excluding hydrogens is 392 g/mol. The van der Waals surface area contributed by atoms with Gasteiger partial charge >= 0.3 is 5.97 Å². The number of hydrogen-bond acceptors (Lipinski definition) is 6. The zero-order valence-corrected chi connectivity index (χ0v) is 18.1. The fourth-order valence-corrected chi connectivity index (χ4v) is 3.82. The molecule has 2 rings (SSSR count). The molecule has 0 unspecified atom stereocenters. The number of thiophene rings is 1. The Hall–Kier alpha value is -2.87. The van der Waals surface area contributed by atoms with E-state index in [1.165, 1.54) is 10.5 Å². The summed E-state index contributed by atoms with van der Waals surface area (Å²) in [5.74, 6) is -0.676. The second-order valence-electron chi connectivity index (χ2n) is 6.51. The van der Waals surface area contributed by atoms with Crippen molar-refractivity contribution in [3.05, 3.63) is 45.8 Å². The van der Waals surface area contributed by atoms with Crippen LogP contribution in [0.3, 0.4) is 0 Å². The van der Waals surface area contributed by atoms with E-state index in [0.717, 1.165) is 17.8 Å². The van der Waals surface area contributed by atoms with Crippen molar-refractivity contribution >= 4 is 34.1 Å². The predicted octanol–water partition coefficient (Wildman–Crippen LogP) is 3.51. The number of benzene rings is 1. The molecule has 8 heteroatoms. The minimum absolute atomic E-state index is 0.190. The van der Waals surface area contributed by atoms with Gasteiger partial charge in [0.05, 0.1) is 17.0 Å². The highest BCUT2D eigenvalue weighted by atomic mass is 32.1. The summed E-state index contributed by atoms with van der Waals surface area (Å²) in [6, 6.07) is 7.49. The van der Waals surface area contributed by atoms with Crippen LogP contribution in [0.1, 0.15) is 45.0 Å². The number of anilines is 1. The van der Waals surface area contributed by atoms with E-state index in [-0.39, 0.29) is 29.7 Å². The van der Waals surface area contributed by atoms with E-state index in [2.05, 4.69) is 12.2 Å². The number of carbonyl (C=O) groups excluding carboxylic acids is 3. The molecule has 1 aromatic carbocycles. The molecule has 1 heterocycles. The second kappa shape index (κ2) is 10.1. The Morgan fingerprint density at radius 2 is 1.76 bits per heavy atom. The lowest BCUT2D eigenvalue weighted by atomic mass is 10.1. The van der Waals surface area contributed by atoms with E-state index in [1.54, 1.807) is 40.1 Å². The zero-order chi connectivity index (χ0) is 21.6. The first kappa shape index (κ1) is 22.4. The van der Waals surface area contributed by atoms with Crippen LogP contribution in [0.5, 0.6) is 5.75 Å². The molecule has 0 atom stereocenters. The van der Waals surface area contributed by atoms with Gasteiger partial charge < -0.3 is 19.7 Å². The third kappa shape index (κ3) is 5.57. The third-order valence-corrected chi connectivity index (χ3v) is 5.38. The summed E-state index contributed by atoms with van der Waals surface area (Å²) in [6.07, 6.45) is 0.920. The smallest absolute Gasteiger partial charge is 0.341 e. The highest BCUT2D eigenvalue weighted by Crippen LogP contribution is 2.34. The van der Waals surface area contributed by atoms with Gasteiger partial charge in [-0.3, -0.25) is 9.59 Å². The molecule has 1 N–H and O–H groups in total. The molecule has 0 saturated heterocycles. The van der Waals surface area contributed by atoms with E-state index in [9.17, 15) is 14.4 Å². The average molecular weight is 419 g/mol. The fraction of sp³-hybridized carbons (Fsp3) is 0.381. The van der Waals surface area contributed by atoms with Gasteiger partial charge in [0.15, 0.2) is 6.61 Å². The van der Waals surface area contributed by atoms with Crippen molar-refractivity contribution in [2.75, 3.05) is 32.6 Å². The summed E-state index contributed by atoms with van der Waals surface area (Å²) in [5, 5.41) is 2.96. The Labute approximate surface area is 174 Å². The lowest BCUT2D eigenvalue weighted by Crippen LogP contribution is -2.21. The summed E-state index contributed by atoms with van der Waals surface area (Å²) < 4.78 is 10.6. The van der Waals surface area contributed by atoms with E-state index in [4.69, 9.17) is 9.47 Å². The molecule has 1 aromatic heterocycles. The normalized spacial score (nSPS) is 10.4. The first-order valence-corrected chi connectivity index (χ1v) is 10.1. The van der Waals surface area contributed by atoms with Crippen molar-refractivity contribution in [1.29, 1.82) is 0 Å². The van der Waals surface area contributed by atoms with Gasteiger partial charge in [0.1, 0.15) is 10.8 Å². The lowest BCUT2D eigenvalue weighted by Gasteiger charge is -2.09. The topological polar surface area (TPSA) is 84.9 Å². The summed E-state index contributed by atoms with van der Waals surface area (Å²) in [7, 11) is 3.25. The standard InChI is InChI=1S/C21H26N2O5S/c1-6-14-8-10-15(11-9-14)28-12-16(24)22-19-17(21(26)27-7-2)13(3)18(29-19)20(25)23(4)5/h8-11H,6-7,12H2,1-5H3,(H,22,24). The van der Waals surface area contributed by atoms with Gasteiger partial charge in [0.2, 0.25) is 0 Å². The monoisotopic (exact) mass is 418 g/mol. The number of rotatable bonds is 8. The van der Waals surface area contributed by atoms with E-state index < -0.39 is 11.9 Å². The van der Waals surface area contributed by atoms with E-state index in [1.807, 2.05) is 12.1 Å². The van der Waals surface area contributed by atoms with Gasteiger partial charge in [-0.1, -0.05) is 19.1 Å². The van der Waals surface area contributed by atoms with Crippen LogP contribution in [0.15, 0.2) is 24.3 Å². The summed E-state index contributed by atoms with van der Waals surface area (Å²) in [4.78, 5) is 39.0. The minimum atomic E-state index is -0.578. The van der Waals surface area contributed by atoms with Crippen LogP contribution >= 0.6 is 11.3 Å². The van der Waals surface area contributed by atoms with Gasteiger partial charge in [0.25, 0.3) is 11.8 Å². The number of nitrogens with one attached hydrogen (secondary N) is 1. The molecule has 0 radical (unpaired) electrons. The van der Waals surface area contributed by atoms with Gasteiger partial charge in [-0.15, -0.1) is 11.3 Å². The maximum absolute atomic E-state index is 12.4. The van der Waals surface area contributed by atoms with Crippen LogP contribution in [0.4, 0.5) is 5.00 Å². The van der Waals surface area contributed by atoms with Crippen LogP contribution in [0.25, 0.3) is 0 Å². The van der Waals surface area contributed by atoms with Crippen molar-refractivity contribution < 1.29 is 23.9 Å². The van der Waals surface area contributed by atoms with Crippen LogP contribution in [0, 0.1) is 6.92 Å². The van der Waals surface area contributed by atoms with Crippen molar-refractivity contribution in [2.24, 2.45) is 0 Å². The molecule has 0 aliphatic heterocycles. The molecule has 2 aromatic rings. The van der Waals surface area contributed by atoms with Crippen molar-refractivity contribution in [2.45, 2.75) is 27.2 Å². The maximum Gasteiger partial charge on any atom is 0.341 e. The number of esters is 1. The molecule has 0 aliphatic rings. The molecule has 2 amide bonds. The van der Waals surface area contributed by atoms with Crippen molar-refractivity contribution in [3.63, 3.8) is 0 Å². The Balaban J connectivity index is 2.18. The number of carbonyl (C=O) groups is 3. The first-order valence-electron chi connectivity index (χ1n) is 9.32. The molecular formula is C21H26N2O5S. The summed E-state index contributed by atoms with van der Waals surface area (Å²) in [6.45, 7) is 5.39. The molecule has 0 aliphatic carbocycles. The largest absolute Gasteiger partial charge is 0.484 e. The third-order valence-electron chi connectivity index (χ3n) is 4.18. The SMILES string of the molecule is CCOC(=O)c1c(NC(=O)COc2ccc(CC)cc2)sc(C(=O)N(C)C)c1C. The molecule has 0 bridgehead atoms. The van der Waals surface area contributed by atoms with Gasteiger partial charge in [0, 0.05) is 14.1 Å². The second-order valence-corrected chi connectivity index (χ2v) is 7.54. The summed E-state index contributed by atoms with van der Waals surface area (Å²) in [5.41, 5.74) is 1.86. The molecule has 156 valence electrons. The predicted molar refractivity (Wildman–Crippen MR) is 113 cm³/mol. The van der Waals surface area contributed by atoms with Crippen LogP contribution < -0.4 is 10.1 Å². The molecule has 29 heavy (non-hydrogen) atoms. The lowest BCUT2D eigenvalue weighted by molar-refractivity contribution is -0.118. The Kier molecular flexibility index (Phi) is 7.78. The van der Waals surface area contributed by atoms with E-state index in [0.29, 0.717) is 16.2 Å². The number of ether oxygens (including phenoxy) is 2. The van der Waals surface area contributed by atoms with Crippen LogP contribution in [-0.4, -0.2) is 50.0 Å². The summed E-state index contributed by atoms with van der Waals surface area (Å²) >= 11 is 1.05. The highest BCUT2D eigenvalue weighted by molar-refractivity contribution is 7.18. The maximum atomic E-state index is 12.4. The number of hydrogen-bond donors (Lipinski definition) is 1. The molecule has 0 fully saturated rings. The minimum Gasteiger partial charge on any atom is -0.484 e. The Morgan fingerprint density at radius 3 is 2.31 bits per heavy atom. The van der Waals surface area contributed by atoms with Crippen LogP contribution in [-0.2, 0) is 16.0 Å². The van der Waals surface area contributed by atoms with Gasteiger partial charge in [-0.05, 0) is 43.5 Å². The van der Waals surface area contributed by atoms with Crippen LogP contribution in [0.2, 0.25) is 0 Å². The average Bonchev–Trinajstić information content (AvgIpc) is 3.01. The molecule has 0 saturated carbocycles. The fourth-order valence-electron chi connectivity index (χ4n) is 2.59. The number of aryl methyl sites for hydroxylation is 1.